The van der Waals surface area contributed by atoms with Crippen LogP contribution in [-0.4, -0.2) is 32.7 Å². The van der Waals surface area contributed by atoms with Crippen molar-refractivity contribution in [3.8, 4) is 0 Å². The zero-order valence-corrected chi connectivity index (χ0v) is 17.3. The maximum atomic E-state index is 12.1. The summed E-state index contributed by atoms with van der Waals surface area (Å²) in [4.78, 5) is 28.4. The zero-order chi connectivity index (χ0) is 20.8. The van der Waals surface area contributed by atoms with Crippen molar-refractivity contribution in [3.63, 3.8) is 0 Å². The Bertz CT molecular complexity index is 1110. The molecule has 0 saturated heterocycles. The first-order valence-corrected chi connectivity index (χ1v) is 10.9. The molecule has 1 aromatic carbocycles. The highest BCUT2D eigenvalue weighted by atomic mass is 32.2. The van der Waals surface area contributed by atoms with Crippen LogP contribution in [-0.2, 0) is 4.79 Å². The highest BCUT2D eigenvalue weighted by molar-refractivity contribution is 7.99. The number of thiazole rings is 1. The van der Waals surface area contributed by atoms with E-state index in [0.717, 1.165) is 21.0 Å². The van der Waals surface area contributed by atoms with E-state index in [2.05, 4.69) is 25.8 Å². The number of nitrogens with one attached hydrogen (secondary N) is 2. The summed E-state index contributed by atoms with van der Waals surface area (Å²) in [6.45, 7) is 0. The predicted molar refractivity (Wildman–Crippen MR) is 117 cm³/mol. The van der Waals surface area contributed by atoms with Gasteiger partial charge in [-0.25, -0.2) is 4.98 Å². The molecule has 3 heterocycles. The average Bonchev–Trinajstić information content (AvgIpc) is 3.42. The summed E-state index contributed by atoms with van der Waals surface area (Å²) in [5.74, 6) is 0.834. The van der Waals surface area contributed by atoms with Gasteiger partial charge in [-0.3, -0.25) is 9.59 Å². The number of carbonyl (C=O) groups excluding carboxylic acids is 2. The Morgan fingerprint density at radius 2 is 1.93 bits per heavy atom. The van der Waals surface area contributed by atoms with Crippen molar-refractivity contribution in [1.82, 2.24) is 15.2 Å². The molecule has 10 heteroatoms. The molecule has 152 valence electrons. The third-order valence-electron chi connectivity index (χ3n) is 3.97. The molecule has 0 unspecified atom stereocenters. The minimum atomic E-state index is -0.381. The summed E-state index contributed by atoms with van der Waals surface area (Å²) >= 11 is 2.96. The molecule has 2 N–H and O–H groups in total. The third kappa shape index (κ3) is 5.22. The lowest BCUT2D eigenvalue weighted by Gasteiger charge is -2.04. The van der Waals surface area contributed by atoms with Gasteiger partial charge < -0.3 is 15.1 Å². The number of anilines is 2. The summed E-state index contributed by atoms with van der Waals surface area (Å²) < 4.78 is 6.08. The van der Waals surface area contributed by atoms with E-state index in [1.54, 1.807) is 24.3 Å². The molecule has 0 bridgehead atoms. The van der Waals surface area contributed by atoms with Crippen LogP contribution in [0.25, 0.3) is 10.2 Å². The second-order valence-electron chi connectivity index (χ2n) is 6.18. The lowest BCUT2D eigenvalue weighted by Crippen LogP contribution is -2.12. The summed E-state index contributed by atoms with van der Waals surface area (Å²) in [6.07, 6.45) is 2.52. The second kappa shape index (κ2) is 9.51. The van der Waals surface area contributed by atoms with Gasteiger partial charge in [0.25, 0.3) is 5.91 Å². The van der Waals surface area contributed by atoms with Crippen LogP contribution in [0.1, 0.15) is 23.4 Å². The number of benzene rings is 1. The van der Waals surface area contributed by atoms with Crippen molar-refractivity contribution >= 4 is 56.1 Å². The molecule has 30 heavy (non-hydrogen) atoms. The molecule has 3 aromatic heterocycles. The van der Waals surface area contributed by atoms with E-state index in [-0.39, 0.29) is 17.6 Å². The van der Waals surface area contributed by atoms with Gasteiger partial charge in [0.1, 0.15) is 5.03 Å². The van der Waals surface area contributed by atoms with Crippen LogP contribution in [0.15, 0.2) is 64.2 Å². The lowest BCUT2D eigenvalue weighted by atomic mass is 10.3. The first kappa shape index (κ1) is 20.0. The molecule has 0 atom stereocenters. The van der Waals surface area contributed by atoms with E-state index in [1.807, 2.05) is 24.3 Å². The van der Waals surface area contributed by atoms with Crippen molar-refractivity contribution in [2.45, 2.75) is 17.9 Å². The van der Waals surface area contributed by atoms with E-state index in [1.165, 1.54) is 29.4 Å². The number of rotatable bonds is 8. The van der Waals surface area contributed by atoms with Gasteiger partial charge in [-0.2, -0.15) is 0 Å². The number of furan rings is 1. The number of thioether (sulfide) groups is 1. The SMILES string of the molecule is O=C(CCCSc1ccc(NC(=O)c2ccco2)nn1)Nc1nc2ccccc2s1. The highest BCUT2D eigenvalue weighted by Gasteiger charge is 2.10. The van der Waals surface area contributed by atoms with Gasteiger partial charge in [0.2, 0.25) is 5.91 Å². The summed E-state index contributed by atoms with van der Waals surface area (Å²) in [5, 5.41) is 14.9. The van der Waals surface area contributed by atoms with Crippen LogP contribution in [0.3, 0.4) is 0 Å². The van der Waals surface area contributed by atoms with Crippen molar-refractivity contribution < 1.29 is 14.0 Å². The van der Waals surface area contributed by atoms with Gasteiger partial charge in [0.15, 0.2) is 16.7 Å². The first-order valence-electron chi connectivity index (χ1n) is 9.14. The number of hydrogen-bond acceptors (Lipinski definition) is 8. The Balaban J connectivity index is 1.18. The van der Waals surface area contributed by atoms with Crippen LogP contribution >= 0.6 is 23.1 Å². The first-order chi connectivity index (χ1) is 14.7. The van der Waals surface area contributed by atoms with E-state index in [4.69, 9.17) is 4.42 Å². The minimum absolute atomic E-state index is 0.0586. The molecule has 0 aliphatic rings. The maximum absolute atomic E-state index is 12.1. The number of aromatic nitrogens is 3. The van der Waals surface area contributed by atoms with E-state index in [9.17, 15) is 9.59 Å². The molecule has 0 radical (unpaired) electrons. The van der Waals surface area contributed by atoms with Gasteiger partial charge in [0.05, 0.1) is 16.5 Å². The quantitative estimate of drug-likeness (QED) is 0.308. The normalized spacial score (nSPS) is 10.8. The number of nitrogens with zero attached hydrogens (tertiary/aromatic N) is 3. The standard InChI is InChI=1S/C20H17N5O3S2/c26-17(23-20-21-13-5-1-2-7-15(13)30-20)8-4-12-29-18-10-9-16(24-25-18)22-19(27)14-6-3-11-28-14/h1-3,5-7,9-11H,4,8,12H2,(H,21,23,26)(H,22,24,27). The maximum Gasteiger partial charge on any atom is 0.292 e. The fraction of sp³-hybridized carbons (Fsp3) is 0.150. The van der Waals surface area contributed by atoms with Gasteiger partial charge in [0, 0.05) is 12.2 Å². The number of hydrogen-bond donors (Lipinski definition) is 2. The molecule has 0 spiro atoms. The second-order valence-corrected chi connectivity index (χ2v) is 8.32. The summed E-state index contributed by atoms with van der Waals surface area (Å²) in [6, 6.07) is 14.4. The lowest BCUT2D eigenvalue weighted by molar-refractivity contribution is -0.116. The van der Waals surface area contributed by atoms with Crippen LogP contribution in [0.4, 0.5) is 10.9 Å². The molecular weight excluding hydrogens is 422 g/mol. The van der Waals surface area contributed by atoms with Gasteiger partial charge in [-0.15, -0.1) is 22.0 Å². The number of para-hydroxylation sites is 1. The average molecular weight is 440 g/mol. The molecule has 0 fully saturated rings. The van der Waals surface area contributed by atoms with Crippen LogP contribution in [0.5, 0.6) is 0 Å². The molecule has 2 amide bonds. The Hall–Kier alpha value is -3.24. The summed E-state index contributed by atoms with van der Waals surface area (Å²) in [7, 11) is 0. The van der Waals surface area contributed by atoms with Crippen molar-refractivity contribution in [3.05, 3.63) is 60.6 Å². The van der Waals surface area contributed by atoms with E-state index < -0.39 is 0 Å². The zero-order valence-electron chi connectivity index (χ0n) is 15.7. The molecule has 4 rings (SSSR count). The minimum Gasteiger partial charge on any atom is -0.459 e. The fourth-order valence-corrected chi connectivity index (χ4v) is 4.21. The van der Waals surface area contributed by atoms with Crippen molar-refractivity contribution in [2.75, 3.05) is 16.4 Å². The van der Waals surface area contributed by atoms with E-state index >= 15 is 0 Å². The number of fused-ring (bicyclic) bond motifs is 1. The molecule has 0 aliphatic heterocycles. The molecule has 4 aromatic rings. The molecule has 0 aliphatic carbocycles. The third-order valence-corrected chi connectivity index (χ3v) is 5.92. The fourth-order valence-electron chi connectivity index (χ4n) is 2.57. The topological polar surface area (TPSA) is 110 Å². The smallest absolute Gasteiger partial charge is 0.292 e. The van der Waals surface area contributed by atoms with E-state index in [0.29, 0.717) is 23.8 Å². The van der Waals surface area contributed by atoms with Gasteiger partial charge in [-0.05, 0) is 42.8 Å². The Kier molecular flexibility index (Phi) is 6.35. The monoisotopic (exact) mass is 439 g/mol. The summed E-state index contributed by atoms with van der Waals surface area (Å²) in [5.41, 5.74) is 0.885. The van der Waals surface area contributed by atoms with Crippen LogP contribution < -0.4 is 10.6 Å². The Morgan fingerprint density at radius 3 is 2.70 bits per heavy atom. The number of carbonyl (C=O) groups is 2. The van der Waals surface area contributed by atoms with Crippen LogP contribution in [0, 0.1) is 0 Å². The van der Waals surface area contributed by atoms with Crippen molar-refractivity contribution in [1.29, 1.82) is 0 Å². The highest BCUT2D eigenvalue weighted by Crippen LogP contribution is 2.25. The Morgan fingerprint density at radius 1 is 1.03 bits per heavy atom. The van der Waals surface area contributed by atoms with Gasteiger partial charge in [-0.1, -0.05) is 23.5 Å². The van der Waals surface area contributed by atoms with Crippen molar-refractivity contribution in [2.24, 2.45) is 0 Å². The molecular formula is C20H17N5O3S2. The Labute approximate surface area is 180 Å². The largest absolute Gasteiger partial charge is 0.459 e. The molecule has 8 nitrogen and oxygen atoms in total. The number of amides is 2. The predicted octanol–water partition coefficient (Wildman–Crippen LogP) is 4.44. The molecule has 0 saturated carbocycles. The van der Waals surface area contributed by atoms with Crippen LogP contribution in [0.2, 0.25) is 0 Å². The van der Waals surface area contributed by atoms with Gasteiger partial charge >= 0.3 is 0 Å².